The van der Waals surface area contributed by atoms with E-state index in [1.54, 1.807) is 0 Å². The summed E-state index contributed by atoms with van der Waals surface area (Å²) in [6.07, 6.45) is 8.01. The van der Waals surface area contributed by atoms with Gasteiger partial charge >= 0.3 is 0 Å². The molecule has 2 heterocycles. The first kappa shape index (κ1) is 13.5. The van der Waals surface area contributed by atoms with E-state index in [0.717, 1.165) is 23.2 Å². The molecule has 104 valence electrons. The molecule has 0 aromatic carbocycles. The van der Waals surface area contributed by atoms with Crippen LogP contribution in [0.3, 0.4) is 0 Å². The Hall–Kier alpha value is -0.450. The third-order valence-corrected chi connectivity index (χ3v) is 5.12. The predicted octanol–water partition coefficient (Wildman–Crippen LogP) is 3.45. The SMILES string of the molecule is CNC(c1ccc(Br)cn1)C1CCOC2(CCC2)C1. The zero-order valence-corrected chi connectivity index (χ0v) is 12.9. The number of halogens is 1. The van der Waals surface area contributed by atoms with E-state index in [4.69, 9.17) is 4.74 Å². The van der Waals surface area contributed by atoms with Crippen molar-refractivity contribution in [2.75, 3.05) is 13.7 Å². The van der Waals surface area contributed by atoms with Crippen LogP contribution in [0.25, 0.3) is 0 Å². The van der Waals surface area contributed by atoms with E-state index >= 15 is 0 Å². The van der Waals surface area contributed by atoms with E-state index in [2.05, 4.69) is 38.4 Å². The van der Waals surface area contributed by atoms with Gasteiger partial charge in [-0.25, -0.2) is 0 Å². The molecular weight excluding hydrogens is 304 g/mol. The van der Waals surface area contributed by atoms with Gasteiger partial charge in [-0.1, -0.05) is 0 Å². The van der Waals surface area contributed by atoms with Crippen molar-refractivity contribution in [2.24, 2.45) is 5.92 Å². The van der Waals surface area contributed by atoms with Crippen LogP contribution in [0.5, 0.6) is 0 Å². The second-order valence-electron chi connectivity index (χ2n) is 5.81. The Morgan fingerprint density at radius 2 is 2.32 bits per heavy atom. The van der Waals surface area contributed by atoms with Crippen LogP contribution >= 0.6 is 15.9 Å². The molecule has 2 atom stereocenters. The van der Waals surface area contributed by atoms with Gasteiger partial charge < -0.3 is 10.1 Å². The first-order valence-corrected chi connectivity index (χ1v) is 7.94. The normalized spacial score (nSPS) is 26.9. The molecule has 1 aromatic rings. The molecule has 1 aromatic heterocycles. The second-order valence-corrected chi connectivity index (χ2v) is 6.72. The van der Waals surface area contributed by atoms with Crippen molar-refractivity contribution in [3.8, 4) is 0 Å². The van der Waals surface area contributed by atoms with Crippen molar-refractivity contribution >= 4 is 15.9 Å². The van der Waals surface area contributed by atoms with Crippen LogP contribution in [0, 0.1) is 5.92 Å². The van der Waals surface area contributed by atoms with Gasteiger partial charge in [0, 0.05) is 17.3 Å². The average molecular weight is 325 g/mol. The topological polar surface area (TPSA) is 34.2 Å². The van der Waals surface area contributed by atoms with Gasteiger partial charge in [0.05, 0.1) is 17.3 Å². The Labute approximate surface area is 123 Å². The Morgan fingerprint density at radius 1 is 1.47 bits per heavy atom. The number of hydrogen-bond donors (Lipinski definition) is 1. The molecule has 19 heavy (non-hydrogen) atoms. The first-order chi connectivity index (χ1) is 9.22. The summed E-state index contributed by atoms with van der Waals surface area (Å²) >= 11 is 3.45. The molecule has 0 radical (unpaired) electrons. The van der Waals surface area contributed by atoms with Gasteiger partial charge in [0.2, 0.25) is 0 Å². The summed E-state index contributed by atoms with van der Waals surface area (Å²) in [4.78, 5) is 4.57. The number of ether oxygens (including phenoxy) is 1. The summed E-state index contributed by atoms with van der Waals surface area (Å²) in [6.45, 7) is 0.902. The van der Waals surface area contributed by atoms with Crippen LogP contribution in [-0.2, 0) is 4.74 Å². The molecule has 4 heteroatoms. The van der Waals surface area contributed by atoms with Crippen molar-refractivity contribution < 1.29 is 4.74 Å². The molecule has 1 spiro atoms. The fourth-order valence-corrected chi connectivity index (χ4v) is 3.70. The maximum atomic E-state index is 6.03. The van der Waals surface area contributed by atoms with E-state index < -0.39 is 0 Å². The summed E-state index contributed by atoms with van der Waals surface area (Å²) < 4.78 is 7.06. The van der Waals surface area contributed by atoms with E-state index in [0.29, 0.717) is 12.0 Å². The summed E-state index contributed by atoms with van der Waals surface area (Å²) in [5.41, 5.74) is 1.35. The lowest BCUT2D eigenvalue weighted by Gasteiger charge is -2.48. The van der Waals surface area contributed by atoms with Crippen LogP contribution in [0.1, 0.15) is 43.8 Å². The van der Waals surface area contributed by atoms with Gasteiger partial charge in [0.1, 0.15) is 0 Å². The number of nitrogens with zero attached hydrogens (tertiary/aromatic N) is 1. The van der Waals surface area contributed by atoms with Crippen LogP contribution in [0.4, 0.5) is 0 Å². The molecule has 1 N–H and O–H groups in total. The summed E-state index contributed by atoms with van der Waals surface area (Å²) in [5.74, 6) is 0.632. The fourth-order valence-electron chi connectivity index (χ4n) is 3.47. The maximum absolute atomic E-state index is 6.03. The highest BCUT2D eigenvalue weighted by molar-refractivity contribution is 9.10. The monoisotopic (exact) mass is 324 g/mol. The molecular formula is C15H21BrN2O. The van der Waals surface area contributed by atoms with Gasteiger partial charge in [-0.2, -0.15) is 0 Å². The number of nitrogens with one attached hydrogen (secondary N) is 1. The molecule has 2 unspecified atom stereocenters. The quantitative estimate of drug-likeness (QED) is 0.924. The lowest BCUT2D eigenvalue weighted by molar-refractivity contribution is -0.147. The fraction of sp³-hybridized carbons (Fsp3) is 0.667. The van der Waals surface area contributed by atoms with E-state index in [1.807, 2.05) is 13.2 Å². The molecule has 0 bridgehead atoms. The molecule has 3 nitrogen and oxygen atoms in total. The van der Waals surface area contributed by atoms with Crippen molar-refractivity contribution in [1.82, 2.24) is 10.3 Å². The number of aromatic nitrogens is 1. The molecule has 2 aliphatic rings. The van der Waals surface area contributed by atoms with Crippen LogP contribution in [0.15, 0.2) is 22.8 Å². The number of hydrogen-bond acceptors (Lipinski definition) is 3. The molecule has 1 saturated carbocycles. The number of pyridine rings is 1. The lowest BCUT2D eigenvalue weighted by Crippen LogP contribution is -2.47. The summed E-state index contributed by atoms with van der Waals surface area (Å²) in [7, 11) is 2.04. The molecule has 3 rings (SSSR count). The Kier molecular flexibility index (Phi) is 3.92. The third-order valence-electron chi connectivity index (χ3n) is 4.65. The molecule has 0 amide bonds. The minimum atomic E-state index is 0.202. The van der Waals surface area contributed by atoms with Gasteiger partial charge in [0.15, 0.2) is 0 Å². The van der Waals surface area contributed by atoms with E-state index in [9.17, 15) is 0 Å². The molecule has 1 aliphatic heterocycles. The standard InChI is InChI=1S/C15H21BrN2O/c1-17-14(13-4-3-12(16)10-18-13)11-5-8-19-15(9-11)6-2-7-15/h3-4,10-11,14,17H,2,5-9H2,1H3. The number of rotatable bonds is 3. The van der Waals surface area contributed by atoms with E-state index in [1.165, 1.54) is 25.7 Å². The minimum Gasteiger partial charge on any atom is -0.375 e. The van der Waals surface area contributed by atoms with Crippen molar-refractivity contribution in [1.29, 1.82) is 0 Å². The first-order valence-electron chi connectivity index (χ1n) is 7.15. The summed E-state index contributed by atoms with van der Waals surface area (Å²) in [5, 5.41) is 3.46. The highest BCUT2D eigenvalue weighted by Gasteiger charge is 2.44. The predicted molar refractivity (Wildman–Crippen MR) is 79.0 cm³/mol. The van der Waals surface area contributed by atoms with E-state index in [-0.39, 0.29) is 5.60 Å². The van der Waals surface area contributed by atoms with Gasteiger partial charge in [-0.3, -0.25) is 4.98 Å². The zero-order chi connectivity index (χ0) is 13.3. The average Bonchev–Trinajstić information content (AvgIpc) is 2.40. The second kappa shape index (κ2) is 5.51. The zero-order valence-electron chi connectivity index (χ0n) is 11.4. The van der Waals surface area contributed by atoms with Gasteiger partial charge in [-0.05, 0) is 73.1 Å². The van der Waals surface area contributed by atoms with Crippen LogP contribution in [0.2, 0.25) is 0 Å². The van der Waals surface area contributed by atoms with Crippen molar-refractivity contribution in [3.05, 3.63) is 28.5 Å². The molecule has 2 fully saturated rings. The third kappa shape index (κ3) is 2.71. The highest BCUT2D eigenvalue weighted by Crippen LogP contribution is 2.46. The molecule has 1 saturated heterocycles. The maximum Gasteiger partial charge on any atom is 0.0686 e. The Bertz CT molecular complexity index is 430. The lowest BCUT2D eigenvalue weighted by atomic mass is 9.70. The largest absolute Gasteiger partial charge is 0.375 e. The van der Waals surface area contributed by atoms with Crippen LogP contribution < -0.4 is 5.32 Å². The highest BCUT2D eigenvalue weighted by atomic mass is 79.9. The van der Waals surface area contributed by atoms with Gasteiger partial charge in [-0.15, -0.1) is 0 Å². The Morgan fingerprint density at radius 3 is 2.89 bits per heavy atom. The molecule has 1 aliphatic carbocycles. The minimum absolute atomic E-state index is 0.202. The van der Waals surface area contributed by atoms with Crippen molar-refractivity contribution in [2.45, 2.75) is 43.7 Å². The van der Waals surface area contributed by atoms with Gasteiger partial charge in [0.25, 0.3) is 0 Å². The smallest absolute Gasteiger partial charge is 0.0686 e. The van der Waals surface area contributed by atoms with Crippen LogP contribution in [-0.4, -0.2) is 24.2 Å². The summed E-state index contributed by atoms with van der Waals surface area (Å²) in [6, 6.07) is 4.54. The Balaban J connectivity index is 1.76. The van der Waals surface area contributed by atoms with Crippen molar-refractivity contribution in [3.63, 3.8) is 0 Å².